The Morgan fingerprint density at radius 2 is 1.79 bits per heavy atom. The van der Waals surface area contributed by atoms with Crippen molar-refractivity contribution in [3.63, 3.8) is 0 Å². The van der Waals surface area contributed by atoms with Crippen molar-refractivity contribution in [2.24, 2.45) is 0 Å². The molecule has 3 nitrogen and oxygen atoms in total. The molecule has 1 heterocycles. The fourth-order valence-electron chi connectivity index (χ4n) is 1.55. The molecule has 7 heteroatoms. The van der Waals surface area contributed by atoms with Gasteiger partial charge in [0.05, 0.1) is 0 Å². The van der Waals surface area contributed by atoms with E-state index in [0.29, 0.717) is 19.8 Å². The molecule has 0 aliphatic carbocycles. The molecule has 2 aromatic rings. The van der Waals surface area contributed by atoms with Gasteiger partial charge in [-0.25, -0.2) is 8.42 Å². The molecule has 0 saturated heterocycles. The molecule has 0 N–H and O–H groups in total. The van der Waals surface area contributed by atoms with Crippen LogP contribution < -0.4 is 0 Å². The molecule has 0 aliphatic heterocycles. The van der Waals surface area contributed by atoms with Crippen LogP contribution in [0.3, 0.4) is 0 Å². The van der Waals surface area contributed by atoms with Gasteiger partial charge in [-0.2, -0.15) is 4.31 Å². The van der Waals surface area contributed by atoms with Gasteiger partial charge in [-0.05, 0) is 23.6 Å². The van der Waals surface area contributed by atoms with Gasteiger partial charge in [0, 0.05) is 29.2 Å². The highest BCUT2D eigenvalue weighted by Crippen LogP contribution is 2.28. The van der Waals surface area contributed by atoms with Gasteiger partial charge in [-0.1, -0.05) is 35.3 Å². The molecule has 0 aliphatic rings. The number of nitrogens with zero attached hydrogens (tertiary/aromatic N) is 1. The third kappa shape index (κ3) is 3.12. The topological polar surface area (TPSA) is 37.4 Å². The Labute approximate surface area is 126 Å². The van der Waals surface area contributed by atoms with Crippen LogP contribution in [0.25, 0.3) is 0 Å². The van der Waals surface area contributed by atoms with Crippen LogP contribution in [0.15, 0.2) is 39.9 Å². The molecular formula is C12H11Cl2NO2S2. The van der Waals surface area contributed by atoms with E-state index in [2.05, 4.69) is 0 Å². The molecule has 0 atom stereocenters. The van der Waals surface area contributed by atoms with Gasteiger partial charge in [0.2, 0.25) is 0 Å². The molecule has 0 bridgehead atoms. The minimum atomic E-state index is -3.49. The van der Waals surface area contributed by atoms with Crippen molar-refractivity contribution in [1.29, 1.82) is 0 Å². The van der Waals surface area contributed by atoms with Gasteiger partial charge in [0.25, 0.3) is 10.0 Å². The fourth-order valence-corrected chi connectivity index (χ4v) is 4.41. The summed E-state index contributed by atoms with van der Waals surface area (Å²) in [6.07, 6.45) is 0. The summed E-state index contributed by atoms with van der Waals surface area (Å²) >= 11 is 13.3. The van der Waals surface area contributed by atoms with Crippen LogP contribution in [0, 0.1) is 0 Å². The van der Waals surface area contributed by atoms with E-state index in [0.717, 1.165) is 0 Å². The summed E-state index contributed by atoms with van der Waals surface area (Å²) in [6, 6.07) is 8.38. The Balaban J connectivity index is 2.30. The Kier molecular flexibility index (Phi) is 4.53. The summed E-state index contributed by atoms with van der Waals surface area (Å²) < 4.78 is 26.1. The van der Waals surface area contributed by atoms with E-state index >= 15 is 0 Å². The number of benzene rings is 1. The lowest BCUT2D eigenvalue weighted by atomic mass is 10.2. The first-order valence-electron chi connectivity index (χ1n) is 5.35. The van der Waals surface area contributed by atoms with Gasteiger partial charge < -0.3 is 0 Å². The van der Waals surface area contributed by atoms with Gasteiger partial charge in [0.15, 0.2) is 0 Å². The third-order valence-electron chi connectivity index (χ3n) is 2.60. The molecular weight excluding hydrogens is 325 g/mol. The van der Waals surface area contributed by atoms with Gasteiger partial charge in [0.1, 0.15) is 4.21 Å². The first kappa shape index (κ1) is 14.8. The van der Waals surface area contributed by atoms with Crippen LogP contribution in [0.2, 0.25) is 10.0 Å². The first-order valence-corrected chi connectivity index (χ1v) is 8.43. The molecule has 0 saturated carbocycles. The quantitative estimate of drug-likeness (QED) is 0.850. The zero-order valence-corrected chi connectivity index (χ0v) is 13.2. The summed E-state index contributed by atoms with van der Waals surface area (Å²) in [6.45, 7) is 0.138. The summed E-state index contributed by atoms with van der Waals surface area (Å²) in [7, 11) is -1.98. The second-order valence-electron chi connectivity index (χ2n) is 3.89. The lowest BCUT2D eigenvalue weighted by Gasteiger charge is -2.17. The van der Waals surface area contributed by atoms with Crippen LogP contribution in [0.5, 0.6) is 0 Å². The van der Waals surface area contributed by atoms with E-state index in [1.807, 2.05) is 0 Å². The average Bonchev–Trinajstić information content (AvgIpc) is 2.88. The molecule has 0 fully saturated rings. The van der Waals surface area contributed by atoms with Crippen molar-refractivity contribution in [2.75, 3.05) is 7.05 Å². The Bertz CT molecular complexity index is 649. The van der Waals surface area contributed by atoms with E-state index in [9.17, 15) is 8.42 Å². The van der Waals surface area contributed by atoms with Crippen LogP contribution in [0.1, 0.15) is 5.56 Å². The molecule has 19 heavy (non-hydrogen) atoms. The van der Waals surface area contributed by atoms with Crippen molar-refractivity contribution in [3.05, 3.63) is 51.3 Å². The SMILES string of the molecule is CN(Cc1c(Cl)cccc1Cl)S(=O)(=O)c1cccs1. The number of hydrogen-bond donors (Lipinski definition) is 0. The minimum absolute atomic E-state index is 0.138. The highest BCUT2D eigenvalue weighted by atomic mass is 35.5. The van der Waals surface area contributed by atoms with Crippen molar-refractivity contribution in [3.8, 4) is 0 Å². The standard InChI is InChI=1S/C12H11Cl2NO2S2/c1-15(19(16,17)12-6-3-7-18-12)8-9-10(13)4-2-5-11(9)14/h2-7H,8H2,1H3. The van der Waals surface area contributed by atoms with Gasteiger partial charge >= 0.3 is 0 Å². The largest absolute Gasteiger partial charge is 0.252 e. The Morgan fingerprint density at radius 1 is 1.16 bits per heavy atom. The molecule has 1 aromatic carbocycles. The van der Waals surface area contributed by atoms with E-state index in [1.165, 1.54) is 22.7 Å². The maximum Gasteiger partial charge on any atom is 0.252 e. The Morgan fingerprint density at radius 3 is 2.32 bits per heavy atom. The number of hydrogen-bond acceptors (Lipinski definition) is 3. The van der Waals surface area contributed by atoms with Crippen LogP contribution >= 0.6 is 34.5 Å². The number of thiophene rings is 1. The summed E-state index contributed by atoms with van der Waals surface area (Å²) in [5, 5.41) is 2.64. The van der Waals surface area contributed by atoms with Crippen molar-refractivity contribution < 1.29 is 8.42 Å². The van der Waals surface area contributed by atoms with Gasteiger partial charge in [-0.15, -0.1) is 11.3 Å². The average molecular weight is 336 g/mol. The number of halogens is 2. The van der Waals surface area contributed by atoms with Gasteiger partial charge in [-0.3, -0.25) is 0 Å². The Hall–Kier alpha value is -0.590. The summed E-state index contributed by atoms with van der Waals surface area (Å²) in [5.41, 5.74) is 0.605. The summed E-state index contributed by atoms with van der Waals surface area (Å²) in [4.78, 5) is 0. The van der Waals surface area contributed by atoms with Crippen LogP contribution in [0.4, 0.5) is 0 Å². The molecule has 0 amide bonds. The second-order valence-corrected chi connectivity index (χ2v) is 7.93. The van der Waals surface area contributed by atoms with Crippen LogP contribution in [-0.4, -0.2) is 19.8 Å². The number of rotatable bonds is 4. The van der Waals surface area contributed by atoms with Crippen molar-refractivity contribution >= 4 is 44.6 Å². The van der Waals surface area contributed by atoms with E-state index in [4.69, 9.17) is 23.2 Å². The van der Waals surface area contributed by atoms with E-state index in [-0.39, 0.29) is 6.54 Å². The lowest BCUT2D eigenvalue weighted by molar-refractivity contribution is 0.468. The first-order chi connectivity index (χ1) is 8.93. The second kappa shape index (κ2) is 5.81. The zero-order chi connectivity index (χ0) is 14.0. The predicted molar refractivity (Wildman–Crippen MR) is 79.4 cm³/mol. The summed E-state index contributed by atoms with van der Waals surface area (Å²) in [5.74, 6) is 0. The maximum absolute atomic E-state index is 12.3. The van der Waals surface area contributed by atoms with Crippen molar-refractivity contribution in [1.82, 2.24) is 4.31 Å². The smallest absolute Gasteiger partial charge is 0.206 e. The van der Waals surface area contributed by atoms with E-state index < -0.39 is 10.0 Å². The lowest BCUT2D eigenvalue weighted by Crippen LogP contribution is -2.26. The third-order valence-corrected chi connectivity index (χ3v) is 6.49. The fraction of sp³-hybridized carbons (Fsp3) is 0.167. The predicted octanol–water partition coefficient (Wildman–Crippen LogP) is 3.88. The molecule has 1 aromatic heterocycles. The highest BCUT2D eigenvalue weighted by Gasteiger charge is 2.23. The minimum Gasteiger partial charge on any atom is -0.206 e. The monoisotopic (exact) mass is 335 g/mol. The van der Waals surface area contributed by atoms with E-state index in [1.54, 1.807) is 35.7 Å². The maximum atomic E-state index is 12.3. The number of sulfonamides is 1. The molecule has 2 rings (SSSR count). The van der Waals surface area contributed by atoms with Crippen LogP contribution in [-0.2, 0) is 16.6 Å². The normalized spacial score (nSPS) is 12.0. The highest BCUT2D eigenvalue weighted by molar-refractivity contribution is 7.91. The molecule has 0 spiro atoms. The van der Waals surface area contributed by atoms with Crippen molar-refractivity contribution in [2.45, 2.75) is 10.8 Å². The molecule has 0 radical (unpaired) electrons. The molecule has 0 unspecified atom stereocenters. The molecule has 102 valence electrons. The zero-order valence-electron chi connectivity index (χ0n) is 10.0.